The molecule has 0 radical (unpaired) electrons. The van der Waals surface area contributed by atoms with E-state index >= 15 is 0 Å². The van der Waals surface area contributed by atoms with Crippen molar-refractivity contribution in [2.75, 3.05) is 14.2 Å². The molecule has 0 fully saturated rings. The SMILES string of the molecule is COc1cc(C(=O)Cc2ccccc2)c([NH+]([O-])O)cc1OC. The molecule has 0 bridgehead atoms. The molecule has 1 atom stereocenters. The molecule has 0 saturated heterocycles. The molecule has 0 spiro atoms. The summed E-state index contributed by atoms with van der Waals surface area (Å²) in [6.45, 7) is 0. The van der Waals surface area contributed by atoms with Gasteiger partial charge in [0, 0.05) is 18.6 Å². The summed E-state index contributed by atoms with van der Waals surface area (Å²) in [4.78, 5) is 12.4. The Hall–Kier alpha value is -2.41. The van der Waals surface area contributed by atoms with E-state index in [0.29, 0.717) is 5.75 Å². The molecule has 0 saturated carbocycles. The van der Waals surface area contributed by atoms with Gasteiger partial charge in [-0.2, -0.15) is 5.23 Å². The first-order valence-electron chi connectivity index (χ1n) is 6.63. The lowest BCUT2D eigenvalue weighted by atomic mass is 10.0. The first-order chi connectivity index (χ1) is 10.6. The predicted octanol–water partition coefficient (Wildman–Crippen LogP) is 1.53. The lowest BCUT2D eigenvalue weighted by Crippen LogP contribution is -2.99. The molecule has 0 aliphatic rings. The number of carbonyl (C=O) groups is 1. The van der Waals surface area contributed by atoms with E-state index in [0.717, 1.165) is 5.56 Å². The highest BCUT2D eigenvalue weighted by Gasteiger charge is 2.21. The smallest absolute Gasteiger partial charge is 0.178 e. The van der Waals surface area contributed by atoms with Crippen LogP contribution in [0.15, 0.2) is 42.5 Å². The molecule has 0 aromatic heterocycles. The summed E-state index contributed by atoms with van der Waals surface area (Å²) < 4.78 is 10.2. The molecule has 2 rings (SSSR count). The van der Waals surface area contributed by atoms with E-state index in [9.17, 15) is 15.2 Å². The number of quaternary nitrogens is 1. The quantitative estimate of drug-likeness (QED) is 0.624. The summed E-state index contributed by atoms with van der Waals surface area (Å²) in [6.07, 6.45) is 0.122. The van der Waals surface area contributed by atoms with Crippen molar-refractivity contribution in [3.8, 4) is 11.5 Å². The third-order valence-corrected chi connectivity index (χ3v) is 3.26. The van der Waals surface area contributed by atoms with Crippen molar-refractivity contribution in [3.05, 3.63) is 58.8 Å². The number of rotatable bonds is 6. The van der Waals surface area contributed by atoms with Gasteiger partial charge in [-0.1, -0.05) is 30.3 Å². The van der Waals surface area contributed by atoms with Crippen LogP contribution in [0.25, 0.3) is 0 Å². The number of hydrogen-bond acceptors (Lipinski definition) is 5. The Balaban J connectivity index is 2.41. The van der Waals surface area contributed by atoms with Gasteiger partial charge in [0.2, 0.25) is 0 Å². The number of carbonyl (C=O) groups excluding carboxylic acids is 1. The second-order valence-corrected chi connectivity index (χ2v) is 4.64. The molecule has 2 aromatic carbocycles. The normalized spacial score (nSPS) is 11.8. The van der Waals surface area contributed by atoms with Gasteiger partial charge >= 0.3 is 0 Å². The minimum absolute atomic E-state index is 0.0985. The molecule has 0 aliphatic carbocycles. The Morgan fingerprint density at radius 3 is 2.27 bits per heavy atom. The van der Waals surface area contributed by atoms with Crippen molar-refractivity contribution in [2.45, 2.75) is 6.42 Å². The number of ether oxygens (including phenoxy) is 2. The summed E-state index contributed by atoms with van der Waals surface area (Å²) in [7, 11) is 2.85. The first-order valence-corrected chi connectivity index (χ1v) is 6.63. The van der Waals surface area contributed by atoms with E-state index in [-0.39, 0.29) is 29.2 Å². The highest BCUT2D eigenvalue weighted by atomic mass is 16.8. The van der Waals surface area contributed by atoms with Crippen LogP contribution < -0.4 is 14.7 Å². The fourth-order valence-corrected chi connectivity index (χ4v) is 2.16. The molecule has 6 nitrogen and oxygen atoms in total. The largest absolute Gasteiger partial charge is 0.595 e. The molecular formula is C16H17NO5. The molecule has 6 heteroatoms. The van der Waals surface area contributed by atoms with Gasteiger partial charge in [-0.25, -0.2) is 5.21 Å². The standard InChI is InChI=1S/C16H17NO5/c1-21-15-9-12(13(17(19)20)10-16(15)22-2)14(18)8-11-6-4-3-5-7-11/h3-7,9-10,17,19H,8H2,1-2H3. The van der Waals surface area contributed by atoms with Crippen LogP contribution in [-0.4, -0.2) is 25.2 Å². The fourth-order valence-electron chi connectivity index (χ4n) is 2.16. The van der Waals surface area contributed by atoms with Crippen LogP contribution in [0.1, 0.15) is 15.9 Å². The second kappa shape index (κ2) is 7.04. The van der Waals surface area contributed by atoms with Crippen molar-refractivity contribution in [1.29, 1.82) is 0 Å². The minimum Gasteiger partial charge on any atom is -0.595 e. The van der Waals surface area contributed by atoms with Crippen LogP contribution >= 0.6 is 0 Å². The molecule has 116 valence electrons. The number of ketones is 1. The Bertz CT molecular complexity index is 655. The summed E-state index contributed by atoms with van der Waals surface area (Å²) in [6, 6.07) is 11.9. The van der Waals surface area contributed by atoms with Crippen LogP contribution in [-0.2, 0) is 6.42 Å². The zero-order chi connectivity index (χ0) is 16.1. The van der Waals surface area contributed by atoms with Gasteiger partial charge in [-0.3, -0.25) is 4.79 Å². The maximum atomic E-state index is 12.4. The lowest BCUT2D eigenvalue weighted by molar-refractivity contribution is -0.991. The molecule has 0 amide bonds. The Labute approximate surface area is 128 Å². The van der Waals surface area contributed by atoms with Gasteiger partial charge in [0.05, 0.1) is 19.8 Å². The molecular weight excluding hydrogens is 286 g/mol. The number of nitrogens with one attached hydrogen (secondary N) is 1. The van der Waals surface area contributed by atoms with E-state index in [4.69, 9.17) is 9.47 Å². The van der Waals surface area contributed by atoms with Crippen molar-refractivity contribution in [1.82, 2.24) is 0 Å². The summed E-state index contributed by atoms with van der Waals surface area (Å²) in [5.41, 5.74) is 0.825. The van der Waals surface area contributed by atoms with Gasteiger partial charge in [-0.15, -0.1) is 0 Å². The Morgan fingerprint density at radius 1 is 1.14 bits per heavy atom. The predicted molar refractivity (Wildman–Crippen MR) is 79.8 cm³/mol. The van der Waals surface area contributed by atoms with Crippen LogP contribution in [0.3, 0.4) is 0 Å². The molecule has 1 unspecified atom stereocenters. The maximum Gasteiger partial charge on any atom is 0.178 e. The van der Waals surface area contributed by atoms with Gasteiger partial charge in [0.15, 0.2) is 23.0 Å². The van der Waals surface area contributed by atoms with Crippen molar-refractivity contribution >= 4 is 11.5 Å². The van der Waals surface area contributed by atoms with Crippen LogP contribution in [0.2, 0.25) is 0 Å². The van der Waals surface area contributed by atoms with E-state index < -0.39 is 5.23 Å². The molecule has 0 aliphatic heterocycles. The Morgan fingerprint density at radius 2 is 1.73 bits per heavy atom. The van der Waals surface area contributed by atoms with E-state index in [2.05, 4.69) is 0 Å². The number of hydrogen-bond donors (Lipinski definition) is 2. The second-order valence-electron chi connectivity index (χ2n) is 4.64. The topological polar surface area (TPSA) is 83.3 Å². The third kappa shape index (κ3) is 3.43. The van der Waals surface area contributed by atoms with Crippen molar-refractivity contribution in [3.63, 3.8) is 0 Å². The number of methoxy groups -OCH3 is 2. The maximum absolute atomic E-state index is 12.4. The van der Waals surface area contributed by atoms with Gasteiger partial charge < -0.3 is 14.7 Å². The van der Waals surface area contributed by atoms with Gasteiger partial charge in [0.1, 0.15) is 0 Å². The average molecular weight is 303 g/mol. The molecule has 22 heavy (non-hydrogen) atoms. The zero-order valence-corrected chi connectivity index (χ0v) is 12.3. The number of benzene rings is 2. The molecule has 2 aromatic rings. The van der Waals surface area contributed by atoms with Crippen molar-refractivity contribution in [2.24, 2.45) is 0 Å². The lowest BCUT2D eigenvalue weighted by Gasteiger charge is -2.18. The van der Waals surface area contributed by atoms with Crippen molar-refractivity contribution < 1.29 is 24.7 Å². The summed E-state index contributed by atoms with van der Waals surface area (Å²) in [5.74, 6) is 0.310. The van der Waals surface area contributed by atoms with Crippen LogP contribution in [0.5, 0.6) is 11.5 Å². The van der Waals surface area contributed by atoms with Gasteiger partial charge in [0.25, 0.3) is 0 Å². The fraction of sp³-hybridized carbons (Fsp3) is 0.188. The van der Waals surface area contributed by atoms with Crippen LogP contribution in [0, 0.1) is 5.21 Å². The zero-order valence-electron chi connectivity index (χ0n) is 12.3. The van der Waals surface area contributed by atoms with E-state index in [1.807, 2.05) is 30.3 Å². The summed E-state index contributed by atoms with van der Waals surface area (Å²) in [5, 5.41) is 19.5. The third-order valence-electron chi connectivity index (χ3n) is 3.26. The van der Waals surface area contributed by atoms with E-state index in [1.165, 1.54) is 26.4 Å². The van der Waals surface area contributed by atoms with Gasteiger partial charge in [-0.05, 0) is 5.56 Å². The number of Topliss-reactive ketones (excluding diaryl/α,β-unsaturated/α-hetero) is 1. The van der Waals surface area contributed by atoms with Crippen LogP contribution in [0.4, 0.5) is 5.69 Å². The highest BCUT2D eigenvalue weighted by molar-refractivity contribution is 6.01. The Kier molecular flexibility index (Phi) is 5.11. The van der Waals surface area contributed by atoms with E-state index in [1.54, 1.807) is 0 Å². The summed E-state index contributed by atoms with van der Waals surface area (Å²) >= 11 is 0. The average Bonchev–Trinajstić information content (AvgIpc) is 2.54. The molecule has 2 N–H and O–H groups in total. The highest BCUT2D eigenvalue weighted by Crippen LogP contribution is 2.32. The first kappa shape index (κ1) is 16.0. The molecule has 0 heterocycles. The minimum atomic E-state index is -1.18. The monoisotopic (exact) mass is 303 g/mol.